The zero-order valence-corrected chi connectivity index (χ0v) is 10.4. The topological polar surface area (TPSA) is 44.4 Å². The van der Waals surface area contributed by atoms with Gasteiger partial charge in [0.2, 0.25) is 5.91 Å². The smallest absolute Gasteiger partial charge is 0.236 e. The van der Waals surface area contributed by atoms with Gasteiger partial charge in [0.15, 0.2) is 0 Å². The molecule has 1 atom stereocenters. The average molecular weight is 245 g/mol. The van der Waals surface area contributed by atoms with Crippen molar-refractivity contribution < 1.29 is 4.79 Å². The molecule has 4 heteroatoms. The van der Waals surface area contributed by atoms with Crippen LogP contribution in [0, 0.1) is 0 Å². The lowest BCUT2D eigenvalue weighted by Gasteiger charge is -2.34. The maximum absolute atomic E-state index is 11.7. The number of nitrogens with zero attached hydrogens (tertiary/aromatic N) is 1. The van der Waals surface area contributed by atoms with Gasteiger partial charge in [-0.2, -0.15) is 0 Å². The maximum atomic E-state index is 11.7. The highest BCUT2D eigenvalue weighted by Crippen LogP contribution is 2.31. The third kappa shape index (κ3) is 2.26. The molecule has 2 aliphatic rings. The predicted molar refractivity (Wildman–Crippen MR) is 69.7 cm³/mol. The molecule has 2 fully saturated rings. The van der Waals surface area contributed by atoms with Crippen LogP contribution in [-0.2, 0) is 4.79 Å². The van der Waals surface area contributed by atoms with Gasteiger partial charge in [-0.15, -0.1) is 0 Å². The first-order chi connectivity index (χ1) is 8.84. The summed E-state index contributed by atoms with van der Waals surface area (Å²) in [4.78, 5) is 11.7. The third-order valence-corrected chi connectivity index (χ3v) is 3.85. The molecule has 18 heavy (non-hydrogen) atoms. The summed E-state index contributed by atoms with van der Waals surface area (Å²) in [5, 5.41) is 5.54. The van der Waals surface area contributed by atoms with Gasteiger partial charge in [0.25, 0.3) is 0 Å². The van der Waals surface area contributed by atoms with Crippen molar-refractivity contribution >= 4 is 5.91 Å². The van der Waals surface area contributed by atoms with Crippen molar-refractivity contribution in [1.29, 1.82) is 0 Å². The zero-order chi connectivity index (χ0) is 12.4. The predicted octanol–water partition coefficient (Wildman–Crippen LogP) is 1.22. The zero-order valence-electron chi connectivity index (χ0n) is 10.4. The number of carbonyl (C=O) groups is 1. The Balaban J connectivity index is 1.81. The lowest BCUT2D eigenvalue weighted by molar-refractivity contribution is -0.121. The van der Waals surface area contributed by atoms with E-state index < -0.39 is 0 Å². The van der Waals surface area contributed by atoms with Gasteiger partial charge in [-0.1, -0.05) is 30.3 Å². The van der Waals surface area contributed by atoms with Crippen molar-refractivity contribution in [2.75, 3.05) is 13.1 Å². The Kier molecular flexibility index (Phi) is 3.30. The number of carbonyl (C=O) groups excluding carboxylic acids is 1. The van der Waals surface area contributed by atoms with Crippen LogP contribution in [-0.4, -0.2) is 30.0 Å². The maximum Gasteiger partial charge on any atom is 0.236 e. The minimum absolute atomic E-state index is 0.141. The van der Waals surface area contributed by atoms with E-state index in [-0.39, 0.29) is 11.9 Å². The van der Waals surface area contributed by atoms with Crippen LogP contribution in [0.1, 0.15) is 30.9 Å². The van der Waals surface area contributed by atoms with Gasteiger partial charge in [-0.25, -0.2) is 5.01 Å². The third-order valence-electron chi connectivity index (χ3n) is 3.85. The number of hydrogen-bond acceptors (Lipinski definition) is 3. The average Bonchev–Trinajstić information content (AvgIpc) is 2.83. The van der Waals surface area contributed by atoms with Crippen LogP contribution < -0.4 is 10.7 Å². The van der Waals surface area contributed by atoms with Crippen molar-refractivity contribution in [2.24, 2.45) is 0 Å². The van der Waals surface area contributed by atoms with Crippen LogP contribution in [0.4, 0.5) is 0 Å². The number of amides is 1. The first kappa shape index (κ1) is 11.7. The van der Waals surface area contributed by atoms with E-state index in [0.29, 0.717) is 12.5 Å². The molecule has 0 radical (unpaired) electrons. The molecular formula is C14H19N3O. The summed E-state index contributed by atoms with van der Waals surface area (Å²) in [7, 11) is 0. The number of piperidine rings is 1. The van der Waals surface area contributed by atoms with E-state index in [1.807, 2.05) is 18.2 Å². The number of hydrogen-bond donors (Lipinski definition) is 2. The van der Waals surface area contributed by atoms with Crippen LogP contribution >= 0.6 is 0 Å². The van der Waals surface area contributed by atoms with E-state index in [1.54, 1.807) is 0 Å². The second-order valence-electron chi connectivity index (χ2n) is 5.05. The summed E-state index contributed by atoms with van der Waals surface area (Å²) in [6.07, 6.45) is 2.78. The number of nitrogens with one attached hydrogen (secondary N) is 2. The Morgan fingerprint density at radius 2 is 1.83 bits per heavy atom. The summed E-state index contributed by atoms with van der Waals surface area (Å²) in [6, 6.07) is 11.0. The molecule has 3 rings (SSSR count). The summed E-state index contributed by atoms with van der Waals surface area (Å²) < 4.78 is 0. The number of rotatable bonds is 2. The van der Waals surface area contributed by atoms with E-state index in [2.05, 4.69) is 27.9 Å². The molecule has 2 aliphatic heterocycles. The lowest BCUT2D eigenvalue weighted by Crippen LogP contribution is -2.48. The molecule has 96 valence electrons. The SMILES string of the molecule is O=C1CC(c2ccccc2)N(C2CCNCC2)N1. The Hall–Kier alpha value is -1.39. The van der Waals surface area contributed by atoms with Gasteiger partial charge in [-0.3, -0.25) is 10.2 Å². The quantitative estimate of drug-likeness (QED) is 0.823. The van der Waals surface area contributed by atoms with E-state index >= 15 is 0 Å². The minimum Gasteiger partial charge on any atom is -0.317 e. The van der Waals surface area contributed by atoms with Gasteiger partial charge in [0.05, 0.1) is 6.04 Å². The van der Waals surface area contributed by atoms with Gasteiger partial charge in [0, 0.05) is 12.5 Å². The second-order valence-corrected chi connectivity index (χ2v) is 5.05. The Labute approximate surface area is 107 Å². The van der Waals surface area contributed by atoms with Gasteiger partial charge >= 0.3 is 0 Å². The highest BCUT2D eigenvalue weighted by Gasteiger charge is 2.36. The van der Waals surface area contributed by atoms with E-state index in [1.165, 1.54) is 5.56 Å². The van der Waals surface area contributed by atoms with Crippen LogP contribution in [0.2, 0.25) is 0 Å². The fourth-order valence-electron chi connectivity index (χ4n) is 2.93. The van der Waals surface area contributed by atoms with Crippen LogP contribution in [0.15, 0.2) is 30.3 Å². The summed E-state index contributed by atoms with van der Waals surface area (Å²) in [5.41, 5.74) is 4.27. The molecule has 1 aromatic rings. The molecule has 0 aromatic heterocycles. The largest absolute Gasteiger partial charge is 0.317 e. The summed E-state index contributed by atoms with van der Waals surface area (Å²) >= 11 is 0. The standard InChI is InChI=1S/C14H19N3O/c18-14-10-13(11-4-2-1-3-5-11)17(16-14)12-6-8-15-9-7-12/h1-5,12-13,15H,6-10H2,(H,16,18). The first-order valence-electron chi connectivity index (χ1n) is 6.68. The monoisotopic (exact) mass is 245 g/mol. The molecule has 0 saturated carbocycles. The molecule has 0 bridgehead atoms. The second kappa shape index (κ2) is 5.08. The van der Waals surface area contributed by atoms with E-state index in [0.717, 1.165) is 25.9 Å². The molecule has 4 nitrogen and oxygen atoms in total. The Morgan fingerprint density at radius 1 is 1.11 bits per heavy atom. The Bertz CT molecular complexity index is 414. The molecule has 0 spiro atoms. The van der Waals surface area contributed by atoms with Gasteiger partial charge < -0.3 is 5.32 Å². The van der Waals surface area contributed by atoms with E-state index in [9.17, 15) is 4.79 Å². The molecule has 1 aromatic carbocycles. The Morgan fingerprint density at radius 3 is 2.56 bits per heavy atom. The van der Waals surface area contributed by atoms with Crippen LogP contribution in [0.25, 0.3) is 0 Å². The molecule has 1 unspecified atom stereocenters. The molecule has 2 N–H and O–H groups in total. The van der Waals surface area contributed by atoms with Crippen LogP contribution in [0.5, 0.6) is 0 Å². The van der Waals surface area contributed by atoms with Gasteiger partial charge in [0.1, 0.15) is 0 Å². The molecule has 0 aliphatic carbocycles. The first-order valence-corrected chi connectivity index (χ1v) is 6.68. The van der Waals surface area contributed by atoms with Gasteiger partial charge in [-0.05, 0) is 31.5 Å². The van der Waals surface area contributed by atoms with Crippen molar-refractivity contribution in [3.8, 4) is 0 Å². The molecular weight excluding hydrogens is 226 g/mol. The highest BCUT2D eigenvalue weighted by molar-refractivity contribution is 5.78. The molecule has 2 saturated heterocycles. The number of benzene rings is 1. The van der Waals surface area contributed by atoms with Crippen molar-refractivity contribution in [1.82, 2.24) is 15.8 Å². The van der Waals surface area contributed by atoms with Crippen molar-refractivity contribution in [3.63, 3.8) is 0 Å². The fourth-order valence-corrected chi connectivity index (χ4v) is 2.93. The summed E-state index contributed by atoms with van der Waals surface area (Å²) in [5.74, 6) is 0.141. The fraction of sp³-hybridized carbons (Fsp3) is 0.500. The summed E-state index contributed by atoms with van der Waals surface area (Å²) in [6.45, 7) is 2.08. The normalized spacial score (nSPS) is 26.2. The number of hydrazine groups is 1. The van der Waals surface area contributed by atoms with Crippen LogP contribution in [0.3, 0.4) is 0 Å². The lowest BCUT2D eigenvalue weighted by atomic mass is 10.00. The molecule has 1 amide bonds. The van der Waals surface area contributed by atoms with Crippen molar-refractivity contribution in [2.45, 2.75) is 31.3 Å². The minimum atomic E-state index is 0.141. The molecule has 2 heterocycles. The van der Waals surface area contributed by atoms with Crippen molar-refractivity contribution in [3.05, 3.63) is 35.9 Å². The van der Waals surface area contributed by atoms with E-state index in [4.69, 9.17) is 0 Å². The highest BCUT2D eigenvalue weighted by atomic mass is 16.2.